The molecule has 0 radical (unpaired) electrons. The number of ether oxygens (including phenoxy) is 1. The molecule has 0 saturated heterocycles. The molecular weight excluding hydrogens is 362 g/mol. The van der Waals surface area contributed by atoms with E-state index in [9.17, 15) is 9.59 Å². The van der Waals surface area contributed by atoms with Gasteiger partial charge in [0.05, 0.1) is 29.1 Å². The number of methoxy groups -OCH3 is 1. The van der Waals surface area contributed by atoms with Gasteiger partial charge < -0.3 is 10.1 Å². The Labute approximate surface area is 155 Å². The maximum atomic E-state index is 12.5. The van der Waals surface area contributed by atoms with Crippen LogP contribution in [0.1, 0.15) is 45.0 Å². The van der Waals surface area contributed by atoms with E-state index in [2.05, 4.69) is 10.4 Å². The number of nitrogens with zero attached hydrogens (tertiary/aromatic N) is 2. The minimum Gasteiger partial charge on any atom is -0.465 e. The minimum absolute atomic E-state index is 0.0442. The molecule has 3 rings (SSSR count). The molecular formula is C17H20ClN3O3S. The Morgan fingerprint density at radius 2 is 2.04 bits per heavy atom. The molecule has 0 saturated carbocycles. The number of anilines is 1. The van der Waals surface area contributed by atoms with Crippen molar-refractivity contribution >= 4 is 39.8 Å². The lowest BCUT2D eigenvalue weighted by atomic mass is 9.95. The third-order valence-corrected chi connectivity index (χ3v) is 6.15. The fourth-order valence-corrected chi connectivity index (χ4v) is 4.53. The van der Waals surface area contributed by atoms with Crippen LogP contribution in [0, 0.1) is 13.8 Å². The van der Waals surface area contributed by atoms with Gasteiger partial charge in [-0.3, -0.25) is 9.48 Å². The number of esters is 1. The normalized spacial score (nSPS) is 13.4. The molecule has 0 atom stereocenters. The van der Waals surface area contributed by atoms with Crippen molar-refractivity contribution in [1.82, 2.24) is 9.78 Å². The first-order chi connectivity index (χ1) is 11.9. The number of hydrogen-bond donors (Lipinski definition) is 1. The first-order valence-corrected chi connectivity index (χ1v) is 9.34. The Balaban J connectivity index is 1.84. The number of carbonyl (C=O) groups is 2. The lowest BCUT2D eigenvalue weighted by Gasteiger charge is -2.11. The summed E-state index contributed by atoms with van der Waals surface area (Å²) in [5.41, 5.74) is 2.95. The van der Waals surface area contributed by atoms with Crippen LogP contribution in [0.4, 0.5) is 5.00 Å². The van der Waals surface area contributed by atoms with Crippen molar-refractivity contribution in [2.75, 3.05) is 12.4 Å². The van der Waals surface area contributed by atoms with Crippen LogP contribution in [0.15, 0.2) is 0 Å². The topological polar surface area (TPSA) is 73.2 Å². The zero-order valence-electron chi connectivity index (χ0n) is 14.4. The average Bonchev–Trinajstić information content (AvgIpc) is 3.06. The second-order valence-electron chi connectivity index (χ2n) is 6.10. The molecule has 0 unspecified atom stereocenters. The summed E-state index contributed by atoms with van der Waals surface area (Å²) in [6.07, 6.45) is 3.93. The van der Waals surface area contributed by atoms with Gasteiger partial charge in [-0.15, -0.1) is 11.3 Å². The number of aromatic nitrogens is 2. The zero-order valence-corrected chi connectivity index (χ0v) is 16.0. The van der Waals surface area contributed by atoms with Crippen LogP contribution in [-0.2, 0) is 28.9 Å². The highest BCUT2D eigenvalue weighted by atomic mass is 35.5. The van der Waals surface area contributed by atoms with E-state index in [1.165, 1.54) is 18.4 Å². The summed E-state index contributed by atoms with van der Waals surface area (Å²) in [6, 6.07) is 0. The molecule has 2 heterocycles. The molecule has 6 nitrogen and oxygen atoms in total. The van der Waals surface area contributed by atoms with Crippen LogP contribution in [0.5, 0.6) is 0 Å². The molecule has 134 valence electrons. The molecule has 1 aliphatic carbocycles. The largest absolute Gasteiger partial charge is 0.465 e. The smallest absolute Gasteiger partial charge is 0.341 e. The molecule has 8 heteroatoms. The Morgan fingerprint density at radius 3 is 2.68 bits per heavy atom. The first-order valence-electron chi connectivity index (χ1n) is 8.14. The molecule has 1 aliphatic rings. The lowest BCUT2D eigenvalue weighted by Crippen LogP contribution is -2.21. The molecule has 0 bridgehead atoms. The number of thiophene rings is 1. The fraction of sp³-hybridized carbons (Fsp3) is 0.471. The molecule has 2 aromatic rings. The Bertz CT molecular complexity index is 841. The van der Waals surface area contributed by atoms with E-state index in [0.717, 1.165) is 41.8 Å². The molecule has 0 aliphatic heterocycles. The van der Waals surface area contributed by atoms with E-state index in [-0.39, 0.29) is 12.5 Å². The SMILES string of the molecule is COC(=O)c1c(NC(=O)Cn2nc(C)c(Cl)c2C)sc2c1CCCC2. The maximum Gasteiger partial charge on any atom is 0.341 e. The first kappa shape index (κ1) is 17.9. The van der Waals surface area contributed by atoms with E-state index < -0.39 is 5.97 Å². The Kier molecular flexibility index (Phi) is 5.15. The van der Waals surface area contributed by atoms with Crippen LogP contribution in [0.3, 0.4) is 0 Å². The second kappa shape index (κ2) is 7.17. The van der Waals surface area contributed by atoms with E-state index >= 15 is 0 Å². The van der Waals surface area contributed by atoms with Crippen LogP contribution >= 0.6 is 22.9 Å². The van der Waals surface area contributed by atoms with E-state index in [4.69, 9.17) is 16.3 Å². The van der Waals surface area contributed by atoms with E-state index in [1.54, 1.807) is 11.6 Å². The summed E-state index contributed by atoms with van der Waals surface area (Å²) in [4.78, 5) is 25.8. The molecule has 2 aromatic heterocycles. The van der Waals surface area contributed by atoms with E-state index in [1.807, 2.05) is 6.92 Å². The van der Waals surface area contributed by atoms with Gasteiger partial charge in [-0.25, -0.2) is 4.79 Å². The number of nitrogens with one attached hydrogen (secondary N) is 1. The number of aryl methyl sites for hydroxylation is 2. The van der Waals surface area contributed by atoms with Gasteiger partial charge in [-0.2, -0.15) is 5.10 Å². The fourth-order valence-electron chi connectivity index (χ4n) is 3.10. The molecule has 1 amide bonds. The monoisotopic (exact) mass is 381 g/mol. The van der Waals surface area contributed by atoms with Gasteiger partial charge >= 0.3 is 5.97 Å². The number of hydrogen-bond acceptors (Lipinski definition) is 5. The molecule has 1 N–H and O–H groups in total. The summed E-state index contributed by atoms with van der Waals surface area (Å²) in [5.74, 6) is -0.644. The van der Waals surface area contributed by atoms with Crippen LogP contribution in [-0.4, -0.2) is 28.8 Å². The number of rotatable bonds is 4. The third-order valence-electron chi connectivity index (χ3n) is 4.40. The minimum atomic E-state index is -0.399. The molecule has 0 aromatic carbocycles. The lowest BCUT2D eigenvalue weighted by molar-refractivity contribution is -0.116. The molecule has 0 spiro atoms. The van der Waals surface area contributed by atoms with Crippen LogP contribution < -0.4 is 5.32 Å². The predicted molar refractivity (Wildman–Crippen MR) is 97.6 cm³/mol. The zero-order chi connectivity index (χ0) is 18.1. The highest BCUT2D eigenvalue weighted by Gasteiger charge is 2.27. The van der Waals surface area contributed by atoms with Gasteiger partial charge in [0.2, 0.25) is 5.91 Å². The highest BCUT2D eigenvalue weighted by molar-refractivity contribution is 7.17. The van der Waals surface area contributed by atoms with Crippen molar-refractivity contribution in [1.29, 1.82) is 0 Å². The Morgan fingerprint density at radius 1 is 1.32 bits per heavy atom. The van der Waals surface area contributed by atoms with Crippen LogP contribution in [0.2, 0.25) is 5.02 Å². The van der Waals surface area contributed by atoms with E-state index in [0.29, 0.717) is 21.3 Å². The van der Waals surface area contributed by atoms with Crippen molar-refractivity contribution in [3.63, 3.8) is 0 Å². The van der Waals surface area contributed by atoms with Crippen molar-refractivity contribution in [3.8, 4) is 0 Å². The number of amides is 1. The number of fused-ring (bicyclic) bond motifs is 1. The highest BCUT2D eigenvalue weighted by Crippen LogP contribution is 2.38. The summed E-state index contributed by atoms with van der Waals surface area (Å²) >= 11 is 7.59. The third kappa shape index (κ3) is 3.43. The summed E-state index contributed by atoms with van der Waals surface area (Å²) < 4.78 is 6.49. The molecule has 0 fully saturated rings. The van der Waals surface area contributed by atoms with Gasteiger partial charge in [0, 0.05) is 4.88 Å². The van der Waals surface area contributed by atoms with Crippen molar-refractivity contribution in [2.24, 2.45) is 0 Å². The van der Waals surface area contributed by atoms with Crippen molar-refractivity contribution in [2.45, 2.75) is 46.1 Å². The van der Waals surface area contributed by atoms with Gasteiger partial charge in [0.25, 0.3) is 0 Å². The standard InChI is InChI=1S/C17H20ClN3O3S/c1-9-15(18)10(2)21(20-9)8-13(22)19-16-14(17(23)24-3)11-6-4-5-7-12(11)25-16/h4-8H2,1-3H3,(H,19,22). The molecule has 25 heavy (non-hydrogen) atoms. The van der Waals surface area contributed by atoms with Gasteiger partial charge in [-0.1, -0.05) is 11.6 Å². The summed E-state index contributed by atoms with van der Waals surface area (Å²) in [5, 5.41) is 8.26. The maximum absolute atomic E-state index is 12.5. The summed E-state index contributed by atoms with van der Waals surface area (Å²) in [6.45, 7) is 3.66. The second-order valence-corrected chi connectivity index (χ2v) is 7.58. The summed E-state index contributed by atoms with van der Waals surface area (Å²) in [7, 11) is 1.36. The number of carbonyl (C=O) groups excluding carboxylic acids is 2. The van der Waals surface area contributed by atoms with Crippen molar-refractivity contribution in [3.05, 3.63) is 32.4 Å². The number of halogens is 1. The van der Waals surface area contributed by atoms with Crippen molar-refractivity contribution < 1.29 is 14.3 Å². The van der Waals surface area contributed by atoms with Crippen LogP contribution in [0.25, 0.3) is 0 Å². The quantitative estimate of drug-likeness (QED) is 0.822. The van der Waals surface area contributed by atoms with Gasteiger partial charge in [-0.05, 0) is 45.1 Å². The van der Waals surface area contributed by atoms with Gasteiger partial charge in [0.15, 0.2) is 0 Å². The Hall–Kier alpha value is -1.86. The predicted octanol–water partition coefficient (Wildman–Crippen LogP) is 3.52. The average molecular weight is 382 g/mol. The van der Waals surface area contributed by atoms with Gasteiger partial charge in [0.1, 0.15) is 11.5 Å².